The van der Waals surface area contributed by atoms with Crippen molar-refractivity contribution < 1.29 is 14.3 Å². The number of ether oxygens (including phenoxy) is 2. The highest BCUT2D eigenvalue weighted by atomic mass is 32.1. The van der Waals surface area contributed by atoms with Gasteiger partial charge in [-0.1, -0.05) is 12.1 Å². The van der Waals surface area contributed by atoms with Gasteiger partial charge in [0, 0.05) is 0 Å². The lowest BCUT2D eigenvalue weighted by atomic mass is 10.2. The van der Waals surface area contributed by atoms with Crippen molar-refractivity contribution in [3.8, 4) is 5.75 Å². The molecule has 0 heterocycles. The molecule has 0 bridgehead atoms. The molecule has 0 saturated heterocycles. The van der Waals surface area contributed by atoms with E-state index in [0.717, 1.165) is 0 Å². The summed E-state index contributed by atoms with van der Waals surface area (Å²) in [5, 5.41) is 5.46. The fourth-order valence-electron chi connectivity index (χ4n) is 1.30. The Morgan fingerprint density at radius 3 is 2.47 bits per heavy atom. The molecule has 5 nitrogen and oxygen atoms in total. The largest absolute Gasteiger partial charge is 0.495 e. The van der Waals surface area contributed by atoms with Gasteiger partial charge in [0.15, 0.2) is 5.11 Å². The molecule has 0 aliphatic heterocycles. The monoisotopic (exact) mass is 282 g/mol. The molecule has 0 unspecified atom stereocenters. The average Bonchev–Trinajstić information content (AvgIpc) is 2.26. The molecule has 1 rings (SSSR count). The number of anilines is 1. The summed E-state index contributed by atoms with van der Waals surface area (Å²) in [6, 6.07) is 7.26. The molecule has 2 N–H and O–H groups in total. The zero-order chi connectivity index (χ0) is 14.5. The van der Waals surface area contributed by atoms with Gasteiger partial charge >= 0.3 is 6.09 Å². The minimum atomic E-state index is -0.597. The van der Waals surface area contributed by atoms with Gasteiger partial charge < -0.3 is 14.8 Å². The van der Waals surface area contributed by atoms with Gasteiger partial charge in [0.05, 0.1) is 12.8 Å². The lowest BCUT2D eigenvalue weighted by molar-refractivity contribution is 0.0564. The lowest BCUT2D eigenvalue weighted by Crippen LogP contribution is -2.38. The molecule has 0 spiro atoms. The topological polar surface area (TPSA) is 59.6 Å². The smallest absolute Gasteiger partial charge is 0.413 e. The Morgan fingerprint density at radius 2 is 1.89 bits per heavy atom. The van der Waals surface area contributed by atoms with E-state index < -0.39 is 11.7 Å². The summed E-state index contributed by atoms with van der Waals surface area (Å²) in [4.78, 5) is 11.5. The number of rotatable bonds is 2. The first-order valence-electron chi connectivity index (χ1n) is 5.76. The van der Waals surface area contributed by atoms with E-state index in [1.54, 1.807) is 40.0 Å². The van der Waals surface area contributed by atoms with E-state index in [-0.39, 0.29) is 5.11 Å². The summed E-state index contributed by atoms with van der Waals surface area (Å²) >= 11 is 5.03. The number of hydrogen-bond acceptors (Lipinski definition) is 4. The number of amides is 1. The predicted octanol–water partition coefficient (Wildman–Crippen LogP) is 2.92. The molecule has 0 aliphatic carbocycles. The van der Waals surface area contributed by atoms with Crippen LogP contribution in [-0.4, -0.2) is 23.9 Å². The number of para-hydroxylation sites is 2. The van der Waals surface area contributed by atoms with Crippen LogP contribution >= 0.6 is 12.2 Å². The van der Waals surface area contributed by atoms with Crippen molar-refractivity contribution in [1.29, 1.82) is 0 Å². The number of nitrogens with one attached hydrogen (secondary N) is 2. The van der Waals surface area contributed by atoms with Gasteiger partial charge in [0.25, 0.3) is 0 Å². The minimum absolute atomic E-state index is 0.152. The Labute approximate surface area is 118 Å². The van der Waals surface area contributed by atoms with Crippen molar-refractivity contribution in [2.24, 2.45) is 0 Å². The Morgan fingerprint density at radius 1 is 1.26 bits per heavy atom. The first-order valence-corrected chi connectivity index (χ1v) is 6.16. The van der Waals surface area contributed by atoms with E-state index in [4.69, 9.17) is 21.7 Å². The molecule has 1 amide bonds. The van der Waals surface area contributed by atoms with Crippen LogP contribution in [0, 0.1) is 0 Å². The van der Waals surface area contributed by atoms with Crippen LogP contribution in [0.15, 0.2) is 24.3 Å². The number of carbonyl (C=O) groups is 1. The molecule has 104 valence electrons. The molecular formula is C13H18N2O3S. The van der Waals surface area contributed by atoms with Crippen molar-refractivity contribution in [3.63, 3.8) is 0 Å². The molecule has 0 atom stereocenters. The van der Waals surface area contributed by atoms with Crippen LogP contribution in [0.2, 0.25) is 0 Å². The van der Waals surface area contributed by atoms with Gasteiger partial charge in [-0.15, -0.1) is 0 Å². The highest BCUT2D eigenvalue weighted by molar-refractivity contribution is 7.80. The average molecular weight is 282 g/mol. The van der Waals surface area contributed by atoms with Gasteiger partial charge in [-0.3, -0.25) is 5.32 Å². The summed E-state index contributed by atoms with van der Waals surface area (Å²) < 4.78 is 10.3. The summed E-state index contributed by atoms with van der Waals surface area (Å²) in [6.07, 6.45) is -0.597. The van der Waals surface area contributed by atoms with E-state index in [9.17, 15) is 4.79 Å². The Hall–Kier alpha value is -1.82. The summed E-state index contributed by atoms with van der Waals surface area (Å²) in [7, 11) is 1.56. The zero-order valence-corrected chi connectivity index (χ0v) is 12.3. The Kier molecular flexibility index (Phi) is 5.11. The molecule has 0 saturated carbocycles. The quantitative estimate of drug-likeness (QED) is 0.817. The van der Waals surface area contributed by atoms with Crippen LogP contribution in [0.3, 0.4) is 0 Å². The van der Waals surface area contributed by atoms with Gasteiger partial charge in [-0.05, 0) is 45.1 Å². The molecule has 1 aromatic rings. The normalized spacial score (nSPS) is 10.5. The number of benzene rings is 1. The third-order valence-electron chi connectivity index (χ3n) is 1.97. The van der Waals surface area contributed by atoms with Crippen LogP contribution in [-0.2, 0) is 4.74 Å². The van der Waals surface area contributed by atoms with E-state index in [1.165, 1.54) is 0 Å². The first-order chi connectivity index (χ1) is 8.81. The van der Waals surface area contributed by atoms with Gasteiger partial charge in [0.2, 0.25) is 0 Å². The van der Waals surface area contributed by atoms with Crippen molar-refractivity contribution in [2.45, 2.75) is 26.4 Å². The number of thiocarbonyl (C=S) groups is 1. The molecule has 0 aliphatic rings. The first kappa shape index (κ1) is 15.2. The van der Waals surface area contributed by atoms with E-state index in [0.29, 0.717) is 11.4 Å². The van der Waals surface area contributed by atoms with Crippen LogP contribution in [0.5, 0.6) is 5.75 Å². The molecule has 0 aromatic heterocycles. The standard InChI is InChI=1S/C13H18N2O3S/c1-13(2,3)18-12(16)15-11(19)14-9-7-5-6-8-10(9)17-4/h5-8H,1-4H3,(H2,14,15,16,19). The van der Waals surface area contributed by atoms with Crippen molar-refractivity contribution in [1.82, 2.24) is 5.32 Å². The van der Waals surface area contributed by atoms with Gasteiger partial charge in [-0.2, -0.15) is 0 Å². The highest BCUT2D eigenvalue weighted by Gasteiger charge is 2.17. The Bertz CT molecular complexity index is 469. The second-order valence-electron chi connectivity index (χ2n) is 4.78. The third-order valence-corrected chi connectivity index (χ3v) is 2.17. The second kappa shape index (κ2) is 6.38. The third kappa shape index (κ3) is 5.56. The number of alkyl carbamates (subject to hydrolysis) is 1. The fraction of sp³-hybridized carbons (Fsp3) is 0.385. The molecule has 0 fully saturated rings. The fourth-order valence-corrected chi connectivity index (χ4v) is 1.49. The van der Waals surface area contributed by atoms with Crippen LogP contribution in [0.1, 0.15) is 20.8 Å². The van der Waals surface area contributed by atoms with E-state index in [1.807, 2.05) is 12.1 Å². The maximum absolute atomic E-state index is 11.5. The minimum Gasteiger partial charge on any atom is -0.495 e. The molecule has 0 radical (unpaired) electrons. The van der Waals surface area contributed by atoms with Crippen molar-refractivity contribution >= 4 is 29.1 Å². The second-order valence-corrected chi connectivity index (χ2v) is 5.19. The molecule has 6 heteroatoms. The predicted molar refractivity (Wildman–Crippen MR) is 78.6 cm³/mol. The molecular weight excluding hydrogens is 264 g/mol. The highest BCUT2D eigenvalue weighted by Crippen LogP contribution is 2.22. The lowest BCUT2D eigenvalue weighted by Gasteiger charge is -2.20. The van der Waals surface area contributed by atoms with Gasteiger partial charge in [-0.25, -0.2) is 4.79 Å². The maximum atomic E-state index is 11.5. The number of carbonyl (C=O) groups excluding carboxylic acids is 1. The van der Waals surface area contributed by atoms with Gasteiger partial charge in [0.1, 0.15) is 11.4 Å². The van der Waals surface area contributed by atoms with E-state index >= 15 is 0 Å². The number of hydrogen-bond donors (Lipinski definition) is 2. The Balaban J connectivity index is 2.58. The number of methoxy groups -OCH3 is 1. The van der Waals surface area contributed by atoms with E-state index in [2.05, 4.69) is 10.6 Å². The molecule has 19 heavy (non-hydrogen) atoms. The summed E-state index contributed by atoms with van der Waals surface area (Å²) in [5.41, 5.74) is 0.107. The molecule has 1 aromatic carbocycles. The van der Waals surface area contributed by atoms with Crippen molar-refractivity contribution in [3.05, 3.63) is 24.3 Å². The summed E-state index contributed by atoms with van der Waals surface area (Å²) in [6.45, 7) is 5.34. The van der Waals surface area contributed by atoms with Crippen LogP contribution in [0.25, 0.3) is 0 Å². The SMILES string of the molecule is COc1ccccc1NC(=S)NC(=O)OC(C)(C)C. The van der Waals surface area contributed by atoms with Crippen LogP contribution < -0.4 is 15.4 Å². The van der Waals surface area contributed by atoms with Crippen molar-refractivity contribution in [2.75, 3.05) is 12.4 Å². The maximum Gasteiger partial charge on any atom is 0.413 e. The zero-order valence-electron chi connectivity index (χ0n) is 11.4. The van der Waals surface area contributed by atoms with Crippen LogP contribution in [0.4, 0.5) is 10.5 Å². The summed E-state index contributed by atoms with van der Waals surface area (Å²) in [5.74, 6) is 0.635.